The van der Waals surface area contributed by atoms with E-state index in [4.69, 9.17) is 0 Å². The number of benzene rings is 1. The quantitative estimate of drug-likeness (QED) is 0.901. The summed E-state index contributed by atoms with van der Waals surface area (Å²) >= 11 is 3.28. The van der Waals surface area contributed by atoms with Gasteiger partial charge in [0.2, 0.25) is 0 Å². The number of nitrogens with zero attached hydrogens (tertiary/aromatic N) is 1. The molecule has 2 atom stereocenters. The number of hydrogen-bond acceptors (Lipinski definition) is 2. The van der Waals surface area contributed by atoms with E-state index in [0.29, 0.717) is 16.6 Å². The Bertz CT molecular complexity index is 476. The summed E-state index contributed by atoms with van der Waals surface area (Å²) in [6.45, 7) is 5.37. The van der Waals surface area contributed by atoms with Crippen molar-refractivity contribution in [3.05, 3.63) is 34.1 Å². The molecular weight excluding hydrogens is 319 g/mol. The van der Waals surface area contributed by atoms with Gasteiger partial charge in [0.15, 0.2) is 0 Å². The number of hydrogen-bond donors (Lipinski definition) is 1. The van der Waals surface area contributed by atoms with Gasteiger partial charge >= 0.3 is 0 Å². The lowest BCUT2D eigenvalue weighted by molar-refractivity contribution is 0.111. The summed E-state index contributed by atoms with van der Waals surface area (Å²) in [5, 5.41) is 3.71. The largest absolute Gasteiger partial charge is 0.311 e. The van der Waals surface area contributed by atoms with E-state index >= 15 is 0 Å². The van der Waals surface area contributed by atoms with Crippen molar-refractivity contribution in [1.82, 2.24) is 10.2 Å². The first-order valence-corrected chi connectivity index (χ1v) is 8.38. The maximum atomic E-state index is 13.3. The molecule has 0 amide bonds. The van der Waals surface area contributed by atoms with Crippen LogP contribution in [0.15, 0.2) is 22.7 Å². The summed E-state index contributed by atoms with van der Waals surface area (Å²) in [4.78, 5) is 2.57. The number of halogens is 2. The fraction of sp³-hybridized carbons (Fsp3) is 0.625. The van der Waals surface area contributed by atoms with Crippen molar-refractivity contribution in [2.45, 2.75) is 44.8 Å². The third-order valence-electron chi connectivity index (χ3n) is 4.60. The zero-order valence-corrected chi connectivity index (χ0v) is 13.5. The van der Waals surface area contributed by atoms with Gasteiger partial charge in [-0.15, -0.1) is 0 Å². The Morgan fingerprint density at radius 2 is 2.20 bits per heavy atom. The normalized spacial score (nSPS) is 27.8. The van der Waals surface area contributed by atoms with Crippen LogP contribution in [0.3, 0.4) is 0 Å². The van der Waals surface area contributed by atoms with Crippen molar-refractivity contribution < 1.29 is 4.39 Å². The molecule has 1 N–H and O–H groups in total. The number of piperazine rings is 1. The predicted octanol–water partition coefficient (Wildman–Crippen LogP) is 3.55. The Morgan fingerprint density at radius 3 is 2.85 bits per heavy atom. The average molecular weight is 341 g/mol. The minimum atomic E-state index is -0.183. The zero-order chi connectivity index (χ0) is 14.1. The van der Waals surface area contributed by atoms with Crippen molar-refractivity contribution in [1.29, 1.82) is 0 Å². The van der Waals surface area contributed by atoms with Crippen molar-refractivity contribution in [2.24, 2.45) is 5.92 Å². The molecule has 2 aliphatic rings. The molecule has 20 heavy (non-hydrogen) atoms. The highest BCUT2D eigenvalue weighted by Gasteiger charge is 2.36. The van der Waals surface area contributed by atoms with E-state index < -0.39 is 0 Å². The minimum absolute atomic E-state index is 0.183. The molecule has 1 saturated heterocycles. The molecule has 1 aromatic rings. The average Bonchev–Trinajstić information content (AvgIpc) is 3.27. The molecule has 0 bridgehead atoms. The van der Waals surface area contributed by atoms with Gasteiger partial charge in [-0.3, -0.25) is 4.90 Å². The minimum Gasteiger partial charge on any atom is -0.311 e. The highest BCUT2D eigenvalue weighted by atomic mass is 79.9. The molecule has 1 aliphatic carbocycles. The topological polar surface area (TPSA) is 15.3 Å². The summed E-state index contributed by atoms with van der Waals surface area (Å²) in [6.07, 6.45) is 3.92. The zero-order valence-electron chi connectivity index (χ0n) is 11.9. The van der Waals surface area contributed by atoms with Gasteiger partial charge in [0, 0.05) is 31.7 Å². The van der Waals surface area contributed by atoms with Crippen molar-refractivity contribution in [3.63, 3.8) is 0 Å². The van der Waals surface area contributed by atoms with Crippen LogP contribution in [0.1, 0.15) is 31.7 Å². The maximum absolute atomic E-state index is 13.3. The van der Waals surface area contributed by atoms with E-state index in [1.165, 1.54) is 18.4 Å². The van der Waals surface area contributed by atoms with E-state index in [9.17, 15) is 4.39 Å². The second-order valence-electron chi connectivity index (χ2n) is 6.09. The van der Waals surface area contributed by atoms with Crippen LogP contribution < -0.4 is 5.32 Å². The summed E-state index contributed by atoms with van der Waals surface area (Å²) in [6, 6.07) is 6.62. The Kier molecular flexibility index (Phi) is 4.43. The fourth-order valence-corrected chi connectivity index (χ4v) is 3.59. The van der Waals surface area contributed by atoms with Crippen molar-refractivity contribution >= 4 is 15.9 Å². The van der Waals surface area contributed by atoms with Crippen LogP contribution in [0.2, 0.25) is 0 Å². The van der Waals surface area contributed by atoms with Crippen LogP contribution in [0.5, 0.6) is 0 Å². The number of rotatable bonds is 4. The van der Waals surface area contributed by atoms with Gasteiger partial charge in [0.05, 0.1) is 4.47 Å². The first kappa shape index (κ1) is 14.5. The van der Waals surface area contributed by atoms with Gasteiger partial charge in [-0.05, 0) is 58.8 Å². The van der Waals surface area contributed by atoms with Gasteiger partial charge in [-0.2, -0.15) is 0 Å². The first-order chi connectivity index (χ1) is 9.67. The van der Waals surface area contributed by atoms with Crippen LogP contribution in [0.25, 0.3) is 0 Å². The Morgan fingerprint density at radius 1 is 1.40 bits per heavy atom. The van der Waals surface area contributed by atoms with Gasteiger partial charge in [-0.1, -0.05) is 13.0 Å². The molecule has 1 aromatic carbocycles. The lowest BCUT2D eigenvalue weighted by Crippen LogP contribution is -2.56. The number of nitrogens with one attached hydrogen (secondary N) is 1. The van der Waals surface area contributed by atoms with Crippen molar-refractivity contribution in [2.75, 3.05) is 13.1 Å². The molecule has 1 saturated carbocycles. The van der Waals surface area contributed by atoms with Crippen molar-refractivity contribution in [3.8, 4) is 0 Å². The molecule has 2 nitrogen and oxygen atoms in total. The third kappa shape index (κ3) is 3.23. The smallest absolute Gasteiger partial charge is 0.137 e. The van der Waals surface area contributed by atoms with Crippen LogP contribution in [0.4, 0.5) is 4.39 Å². The van der Waals surface area contributed by atoms with Gasteiger partial charge in [0.25, 0.3) is 0 Å². The molecule has 2 unspecified atom stereocenters. The van der Waals surface area contributed by atoms with Gasteiger partial charge in [0.1, 0.15) is 5.82 Å². The van der Waals surface area contributed by atoms with E-state index in [-0.39, 0.29) is 5.82 Å². The highest BCUT2D eigenvalue weighted by molar-refractivity contribution is 9.10. The fourth-order valence-electron chi connectivity index (χ4n) is 3.17. The highest BCUT2D eigenvalue weighted by Crippen LogP contribution is 2.34. The van der Waals surface area contributed by atoms with Crippen LogP contribution in [-0.2, 0) is 6.54 Å². The van der Waals surface area contributed by atoms with Gasteiger partial charge in [-0.25, -0.2) is 4.39 Å². The van der Waals surface area contributed by atoms with Crippen LogP contribution >= 0.6 is 15.9 Å². The molecule has 1 aliphatic heterocycles. The summed E-state index contributed by atoms with van der Waals surface area (Å²) in [5.74, 6) is 0.701. The molecule has 3 rings (SSSR count). The summed E-state index contributed by atoms with van der Waals surface area (Å²) in [7, 11) is 0. The summed E-state index contributed by atoms with van der Waals surface area (Å²) in [5.41, 5.74) is 1.19. The molecule has 0 aromatic heterocycles. The maximum Gasteiger partial charge on any atom is 0.137 e. The third-order valence-corrected chi connectivity index (χ3v) is 5.20. The summed E-state index contributed by atoms with van der Waals surface area (Å²) < 4.78 is 13.9. The molecule has 0 spiro atoms. The monoisotopic (exact) mass is 340 g/mol. The Labute approximate surface area is 128 Å². The molecule has 1 heterocycles. The van der Waals surface area contributed by atoms with Crippen LogP contribution in [0, 0.1) is 11.7 Å². The molecule has 0 radical (unpaired) electrons. The molecular formula is C16H22BrFN2. The SMILES string of the molecule is CCC1CNC(C2CC2)CN1Cc1ccc(F)c(Br)c1. The standard InChI is InChI=1S/C16H22BrFN2/c1-2-13-8-19-16(12-4-5-12)10-20(13)9-11-3-6-15(18)14(17)7-11/h3,6-7,12-13,16,19H,2,4-5,8-10H2,1H3. The Balaban J connectivity index is 1.69. The molecule has 110 valence electrons. The second kappa shape index (κ2) is 6.12. The predicted molar refractivity (Wildman–Crippen MR) is 83.1 cm³/mol. The van der Waals surface area contributed by atoms with E-state index in [1.807, 2.05) is 12.1 Å². The van der Waals surface area contributed by atoms with E-state index in [2.05, 4.69) is 33.1 Å². The van der Waals surface area contributed by atoms with E-state index in [1.54, 1.807) is 6.07 Å². The van der Waals surface area contributed by atoms with Crippen LogP contribution in [-0.4, -0.2) is 30.1 Å². The van der Waals surface area contributed by atoms with Gasteiger partial charge < -0.3 is 5.32 Å². The lowest BCUT2D eigenvalue weighted by atomic mass is 10.0. The first-order valence-electron chi connectivity index (χ1n) is 7.58. The molecule has 2 fully saturated rings. The lowest BCUT2D eigenvalue weighted by Gasteiger charge is -2.40. The van der Waals surface area contributed by atoms with E-state index in [0.717, 1.165) is 32.0 Å². The molecule has 4 heteroatoms. The Hall–Kier alpha value is -0.450. The second-order valence-corrected chi connectivity index (χ2v) is 6.95.